The molecule has 1 N–H and O–H groups in total. The Bertz CT molecular complexity index is 818. The maximum absolute atomic E-state index is 12.7. The van der Waals surface area contributed by atoms with Crippen LogP contribution in [0.1, 0.15) is 13.8 Å². The van der Waals surface area contributed by atoms with Gasteiger partial charge < -0.3 is 5.32 Å². The zero-order chi connectivity index (χ0) is 17.0. The van der Waals surface area contributed by atoms with Gasteiger partial charge in [0.25, 0.3) is 10.0 Å². The lowest BCUT2D eigenvalue weighted by Crippen LogP contribution is -2.35. The fourth-order valence-electron chi connectivity index (χ4n) is 1.95. The van der Waals surface area contributed by atoms with Gasteiger partial charge in [0.05, 0.1) is 4.90 Å². The van der Waals surface area contributed by atoms with Crippen LogP contribution in [0.25, 0.3) is 0 Å². The highest BCUT2D eigenvalue weighted by molar-refractivity contribution is 7.93. The Morgan fingerprint density at radius 3 is 2.17 bits per heavy atom. The standard InChI is InChI=1S/C15H15N3O4S/c1-11(19)17-13-6-8-14(9-7-13)23(21,22)18(12(2)20)15-5-3-4-10-16-15/h3-10H,1-2H3,(H,17,19). The number of rotatable bonds is 4. The van der Waals surface area contributed by atoms with Crippen molar-refractivity contribution in [2.45, 2.75) is 18.7 Å². The molecule has 120 valence electrons. The number of benzene rings is 1. The van der Waals surface area contributed by atoms with Gasteiger partial charge >= 0.3 is 0 Å². The van der Waals surface area contributed by atoms with E-state index in [-0.39, 0.29) is 16.6 Å². The summed E-state index contributed by atoms with van der Waals surface area (Å²) in [6.45, 7) is 2.50. The van der Waals surface area contributed by atoms with Crippen molar-refractivity contribution in [1.29, 1.82) is 0 Å². The summed E-state index contributed by atoms with van der Waals surface area (Å²) in [5, 5.41) is 2.54. The number of carbonyl (C=O) groups is 2. The van der Waals surface area contributed by atoms with E-state index in [2.05, 4.69) is 10.3 Å². The first-order valence-electron chi connectivity index (χ1n) is 6.67. The number of nitrogens with zero attached hydrogens (tertiary/aromatic N) is 2. The van der Waals surface area contributed by atoms with Gasteiger partial charge in [-0.3, -0.25) is 9.59 Å². The molecule has 0 radical (unpaired) electrons. The van der Waals surface area contributed by atoms with Gasteiger partial charge in [-0.15, -0.1) is 0 Å². The first kappa shape index (κ1) is 16.6. The van der Waals surface area contributed by atoms with Gasteiger partial charge in [0.1, 0.15) is 5.82 Å². The number of hydrogen-bond donors (Lipinski definition) is 1. The van der Waals surface area contributed by atoms with Crippen LogP contribution in [-0.2, 0) is 19.6 Å². The van der Waals surface area contributed by atoms with Gasteiger partial charge in [-0.2, -0.15) is 4.31 Å². The van der Waals surface area contributed by atoms with Crippen LogP contribution in [0.2, 0.25) is 0 Å². The molecule has 0 saturated carbocycles. The molecule has 23 heavy (non-hydrogen) atoms. The molecule has 2 amide bonds. The molecule has 2 aromatic rings. The average Bonchev–Trinajstić information content (AvgIpc) is 2.47. The predicted molar refractivity (Wildman–Crippen MR) is 85.3 cm³/mol. The summed E-state index contributed by atoms with van der Waals surface area (Å²) in [5.74, 6) is -0.917. The Hall–Kier alpha value is -2.74. The number of carbonyl (C=O) groups excluding carboxylic acids is 2. The van der Waals surface area contributed by atoms with E-state index in [4.69, 9.17) is 0 Å². The third-order valence-electron chi connectivity index (χ3n) is 2.86. The van der Waals surface area contributed by atoms with E-state index >= 15 is 0 Å². The van der Waals surface area contributed by atoms with Gasteiger partial charge in [0, 0.05) is 25.7 Å². The molecule has 0 aliphatic heterocycles. The summed E-state index contributed by atoms with van der Waals surface area (Å²) < 4.78 is 26.0. The van der Waals surface area contributed by atoms with Crippen molar-refractivity contribution in [1.82, 2.24) is 4.98 Å². The summed E-state index contributed by atoms with van der Waals surface area (Å²) in [6.07, 6.45) is 1.40. The van der Waals surface area contributed by atoms with Gasteiger partial charge in [-0.25, -0.2) is 13.4 Å². The number of hydrogen-bond acceptors (Lipinski definition) is 5. The monoisotopic (exact) mass is 333 g/mol. The number of aromatic nitrogens is 1. The van der Waals surface area contributed by atoms with Crippen molar-refractivity contribution in [3.05, 3.63) is 48.7 Å². The minimum atomic E-state index is -4.09. The van der Waals surface area contributed by atoms with Crippen LogP contribution in [0.3, 0.4) is 0 Å². The summed E-state index contributed by atoms with van der Waals surface area (Å²) in [5.41, 5.74) is 0.462. The van der Waals surface area contributed by atoms with E-state index in [1.165, 1.54) is 43.5 Å². The highest BCUT2D eigenvalue weighted by atomic mass is 32.2. The van der Waals surface area contributed by atoms with Crippen LogP contribution in [0.15, 0.2) is 53.6 Å². The lowest BCUT2D eigenvalue weighted by molar-refractivity contribution is -0.115. The molecule has 0 atom stereocenters. The van der Waals surface area contributed by atoms with Gasteiger partial charge in [-0.05, 0) is 36.4 Å². The van der Waals surface area contributed by atoms with E-state index in [0.29, 0.717) is 9.99 Å². The molecule has 1 aromatic carbocycles. The third-order valence-corrected chi connectivity index (χ3v) is 4.65. The number of anilines is 2. The maximum Gasteiger partial charge on any atom is 0.272 e. The lowest BCUT2D eigenvalue weighted by Gasteiger charge is -2.20. The fourth-order valence-corrected chi connectivity index (χ4v) is 3.33. The van der Waals surface area contributed by atoms with Crippen molar-refractivity contribution in [3.8, 4) is 0 Å². The first-order valence-corrected chi connectivity index (χ1v) is 8.11. The second-order valence-corrected chi connectivity index (χ2v) is 6.47. The van der Waals surface area contributed by atoms with Crippen molar-refractivity contribution in [2.24, 2.45) is 0 Å². The minimum absolute atomic E-state index is 0.0194. The van der Waals surface area contributed by atoms with E-state index in [1.54, 1.807) is 12.1 Å². The molecule has 1 aromatic heterocycles. The summed E-state index contributed by atoms with van der Waals surface area (Å²) >= 11 is 0. The molecule has 0 spiro atoms. The normalized spacial score (nSPS) is 10.9. The van der Waals surface area contributed by atoms with Crippen LogP contribution in [0.4, 0.5) is 11.5 Å². The highest BCUT2D eigenvalue weighted by Gasteiger charge is 2.29. The van der Waals surface area contributed by atoms with E-state index in [1.807, 2.05) is 0 Å². The number of amides is 2. The quantitative estimate of drug-likeness (QED) is 0.920. The Balaban J connectivity index is 2.42. The zero-order valence-electron chi connectivity index (χ0n) is 12.6. The van der Waals surface area contributed by atoms with Crippen molar-refractivity contribution in [3.63, 3.8) is 0 Å². The maximum atomic E-state index is 12.7. The highest BCUT2D eigenvalue weighted by Crippen LogP contribution is 2.23. The average molecular weight is 333 g/mol. The molecule has 0 fully saturated rings. The Labute approximate surface area is 134 Å². The molecule has 0 saturated heterocycles. The summed E-state index contributed by atoms with van der Waals surface area (Å²) in [7, 11) is -4.09. The minimum Gasteiger partial charge on any atom is -0.326 e. The molecule has 2 rings (SSSR count). The molecule has 1 heterocycles. The van der Waals surface area contributed by atoms with Crippen LogP contribution >= 0.6 is 0 Å². The van der Waals surface area contributed by atoms with Crippen LogP contribution in [0.5, 0.6) is 0 Å². The van der Waals surface area contributed by atoms with Crippen LogP contribution in [0, 0.1) is 0 Å². The molecule has 0 aliphatic rings. The Kier molecular flexibility index (Phi) is 4.75. The van der Waals surface area contributed by atoms with Gasteiger partial charge in [0.15, 0.2) is 0 Å². The molecule has 0 aliphatic carbocycles. The molecular weight excluding hydrogens is 318 g/mol. The van der Waals surface area contributed by atoms with E-state index in [0.717, 1.165) is 6.92 Å². The zero-order valence-corrected chi connectivity index (χ0v) is 13.4. The summed E-state index contributed by atoms with van der Waals surface area (Å²) in [6, 6.07) is 10.2. The van der Waals surface area contributed by atoms with E-state index in [9.17, 15) is 18.0 Å². The van der Waals surface area contributed by atoms with Crippen LogP contribution in [-0.4, -0.2) is 25.2 Å². The van der Waals surface area contributed by atoms with Crippen LogP contribution < -0.4 is 9.62 Å². The van der Waals surface area contributed by atoms with Gasteiger partial charge in [0.2, 0.25) is 11.8 Å². The van der Waals surface area contributed by atoms with Gasteiger partial charge in [-0.1, -0.05) is 6.07 Å². The smallest absolute Gasteiger partial charge is 0.272 e. The predicted octanol–water partition coefficient (Wildman–Crippen LogP) is 1.78. The number of sulfonamides is 1. The third kappa shape index (κ3) is 3.72. The van der Waals surface area contributed by atoms with Crippen molar-refractivity contribution < 1.29 is 18.0 Å². The van der Waals surface area contributed by atoms with Crippen molar-refractivity contribution in [2.75, 3.05) is 9.62 Å². The number of nitrogens with one attached hydrogen (secondary N) is 1. The molecule has 8 heteroatoms. The first-order chi connectivity index (χ1) is 10.8. The second-order valence-electron chi connectivity index (χ2n) is 4.68. The molecule has 0 bridgehead atoms. The molecule has 7 nitrogen and oxygen atoms in total. The summed E-state index contributed by atoms with van der Waals surface area (Å²) in [4.78, 5) is 26.7. The Morgan fingerprint density at radius 2 is 1.70 bits per heavy atom. The fraction of sp³-hybridized carbons (Fsp3) is 0.133. The van der Waals surface area contributed by atoms with Crippen molar-refractivity contribution >= 4 is 33.3 Å². The topological polar surface area (TPSA) is 96.4 Å². The lowest BCUT2D eigenvalue weighted by atomic mass is 10.3. The van der Waals surface area contributed by atoms with E-state index < -0.39 is 15.9 Å². The SMILES string of the molecule is CC(=O)Nc1ccc(S(=O)(=O)N(C(C)=O)c2ccccn2)cc1. The number of pyridine rings is 1. The molecular formula is C15H15N3O4S. The Morgan fingerprint density at radius 1 is 1.04 bits per heavy atom. The largest absolute Gasteiger partial charge is 0.326 e. The second kappa shape index (κ2) is 6.57. The molecule has 0 unspecified atom stereocenters.